The second-order valence-electron chi connectivity index (χ2n) is 3.11. The minimum absolute atomic E-state index is 0.0965. The van der Waals surface area contributed by atoms with Crippen molar-refractivity contribution in [3.8, 4) is 0 Å². The number of aromatic nitrogens is 1. The topological polar surface area (TPSA) is 56.0 Å². The summed E-state index contributed by atoms with van der Waals surface area (Å²) in [7, 11) is 0. The van der Waals surface area contributed by atoms with Gasteiger partial charge >= 0.3 is 0 Å². The largest absolute Gasteiger partial charge is 0.269 e. The quantitative estimate of drug-likeness (QED) is 0.552. The van der Waals surface area contributed by atoms with Crippen molar-refractivity contribution in [1.82, 2.24) is 4.98 Å². The highest BCUT2D eigenvalue weighted by atomic mass is 16.6. The van der Waals surface area contributed by atoms with E-state index in [0.29, 0.717) is 5.56 Å². The van der Waals surface area contributed by atoms with Gasteiger partial charge in [0.2, 0.25) is 0 Å². The number of benzene rings is 1. The van der Waals surface area contributed by atoms with Crippen LogP contribution in [0.25, 0.3) is 16.6 Å². The molecule has 0 aliphatic rings. The zero-order valence-electron chi connectivity index (χ0n) is 7.88. The van der Waals surface area contributed by atoms with Crippen molar-refractivity contribution in [2.45, 2.75) is 0 Å². The van der Waals surface area contributed by atoms with Crippen molar-refractivity contribution in [1.29, 1.82) is 0 Å². The van der Waals surface area contributed by atoms with Gasteiger partial charge in [-0.05, 0) is 30.8 Å². The molecule has 1 aromatic carbocycles. The fourth-order valence-corrected chi connectivity index (χ4v) is 1.36. The van der Waals surface area contributed by atoms with Crippen LogP contribution < -0.4 is 0 Å². The molecule has 0 radical (unpaired) electrons. The van der Waals surface area contributed by atoms with Crippen LogP contribution in [0, 0.1) is 10.1 Å². The molecule has 2 aromatic rings. The maximum atomic E-state index is 10.5. The first-order valence-electron chi connectivity index (χ1n) is 4.37. The fourth-order valence-electron chi connectivity index (χ4n) is 1.36. The van der Waals surface area contributed by atoms with Gasteiger partial charge in [0.25, 0.3) is 5.70 Å². The van der Waals surface area contributed by atoms with Gasteiger partial charge in [0.05, 0.1) is 16.0 Å². The van der Waals surface area contributed by atoms with E-state index in [1.54, 1.807) is 30.5 Å². The van der Waals surface area contributed by atoms with E-state index in [9.17, 15) is 10.1 Å². The van der Waals surface area contributed by atoms with Crippen molar-refractivity contribution >= 4 is 16.6 Å². The smallest absolute Gasteiger partial charge is 0.258 e. The Morgan fingerprint density at radius 1 is 1.40 bits per heavy atom. The van der Waals surface area contributed by atoms with Gasteiger partial charge in [0, 0.05) is 11.6 Å². The molecule has 0 bridgehead atoms. The molecule has 0 spiro atoms. The lowest BCUT2D eigenvalue weighted by atomic mass is 10.1. The Balaban J connectivity index is 2.56. The molecule has 1 heterocycles. The Morgan fingerprint density at radius 2 is 2.20 bits per heavy atom. The maximum Gasteiger partial charge on any atom is 0.269 e. The van der Waals surface area contributed by atoms with E-state index < -0.39 is 4.92 Å². The predicted molar refractivity (Wildman–Crippen MR) is 57.8 cm³/mol. The summed E-state index contributed by atoms with van der Waals surface area (Å²) < 4.78 is 0. The molecule has 1 aromatic heterocycles. The van der Waals surface area contributed by atoms with Crippen LogP contribution in [0.5, 0.6) is 0 Å². The molecule has 4 nitrogen and oxygen atoms in total. The highest BCUT2D eigenvalue weighted by Gasteiger charge is 2.10. The van der Waals surface area contributed by atoms with Crippen LogP contribution in [0.2, 0.25) is 0 Å². The minimum Gasteiger partial charge on any atom is -0.258 e. The Hall–Kier alpha value is -2.23. The monoisotopic (exact) mass is 200 g/mol. The zero-order chi connectivity index (χ0) is 10.8. The van der Waals surface area contributed by atoms with E-state index in [4.69, 9.17) is 0 Å². The van der Waals surface area contributed by atoms with Gasteiger partial charge in [-0.2, -0.15) is 0 Å². The number of nitrogens with zero attached hydrogens (tertiary/aromatic N) is 2. The minimum atomic E-state index is -0.489. The fraction of sp³-hybridized carbons (Fsp3) is 0. The summed E-state index contributed by atoms with van der Waals surface area (Å²) >= 11 is 0. The van der Waals surface area contributed by atoms with E-state index in [0.717, 1.165) is 10.9 Å². The summed E-state index contributed by atoms with van der Waals surface area (Å²) in [5.74, 6) is 0. The molecule has 0 amide bonds. The van der Waals surface area contributed by atoms with E-state index in [1.165, 1.54) is 0 Å². The second-order valence-corrected chi connectivity index (χ2v) is 3.11. The first-order valence-corrected chi connectivity index (χ1v) is 4.37. The highest BCUT2D eigenvalue weighted by Crippen LogP contribution is 2.18. The van der Waals surface area contributed by atoms with Crippen LogP contribution in [0.3, 0.4) is 0 Å². The summed E-state index contributed by atoms with van der Waals surface area (Å²) in [6.07, 6.45) is 1.68. The van der Waals surface area contributed by atoms with Gasteiger partial charge in [-0.3, -0.25) is 15.1 Å². The van der Waals surface area contributed by atoms with Gasteiger partial charge in [0.15, 0.2) is 0 Å². The molecular formula is C11H8N2O2. The van der Waals surface area contributed by atoms with Crippen LogP contribution in [-0.4, -0.2) is 9.91 Å². The molecule has 0 unspecified atom stereocenters. The molecule has 0 saturated heterocycles. The van der Waals surface area contributed by atoms with Crippen LogP contribution in [0.4, 0.5) is 0 Å². The van der Waals surface area contributed by atoms with Gasteiger partial charge in [-0.1, -0.05) is 6.07 Å². The van der Waals surface area contributed by atoms with E-state index in [1.807, 2.05) is 6.07 Å². The predicted octanol–water partition coefficient (Wildman–Crippen LogP) is 2.48. The van der Waals surface area contributed by atoms with Crippen molar-refractivity contribution < 1.29 is 4.92 Å². The van der Waals surface area contributed by atoms with E-state index in [2.05, 4.69) is 11.6 Å². The standard InChI is InChI=1S/C11H8N2O2/c1-8(13(14)15)9-4-5-11-10(7-9)3-2-6-12-11/h2-7H,1H2. The lowest BCUT2D eigenvalue weighted by molar-refractivity contribution is -0.375. The molecule has 0 saturated carbocycles. The maximum absolute atomic E-state index is 10.5. The Kier molecular flexibility index (Phi) is 2.17. The third kappa shape index (κ3) is 1.69. The second kappa shape index (κ2) is 3.49. The molecule has 2 rings (SSSR count). The van der Waals surface area contributed by atoms with Crippen LogP contribution in [0.1, 0.15) is 5.56 Å². The SMILES string of the molecule is C=C(c1ccc2ncccc2c1)[N+](=O)[O-]. The number of nitro groups is 1. The Bertz CT molecular complexity index is 549. The summed E-state index contributed by atoms with van der Waals surface area (Å²) in [5.41, 5.74) is 1.23. The van der Waals surface area contributed by atoms with Crippen LogP contribution >= 0.6 is 0 Å². The normalized spacial score (nSPS) is 10.1. The average molecular weight is 200 g/mol. The van der Waals surface area contributed by atoms with Gasteiger partial charge in [-0.25, -0.2) is 0 Å². The highest BCUT2D eigenvalue weighted by molar-refractivity contribution is 5.81. The Morgan fingerprint density at radius 3 is 2.93 bits per heavy atom. The summed E-state index contributed by atoms with van der Waals surface area (Å²) in [4.78, 5) is 14.2. The van der Waals surface area contributed by atoms with Crippen molar-refractivity contribution in [2.75, 3.05) is 0 Å². The molecule has 0 N–H and O–H groups in total. The lowest BCUT2D eigenvalue weighted by Gasteiger charge is -1.99. The lowest BCUT2D eigenvalue weighted by Crippen LogP contribution is -1.95. The van der Waals surface area contributed by atoms with Gasteiger partial charge in [0.1, 0.15) is 0 Å². The number of fused-ring (bicyclic) bond motifs is 1. The molecule has 4 heteroatoms. The first kappa shape index (κ1) is 9.33. The summed E-state index contributed by atoms with van der Waals surface area (Å²) in [5, 5.41) is 11.4. The number of rotatable bonds is 2. The third-order valence-electron chi connectivity index (χ3n) is 2.16. The van der Waals surface area contributed by atoms with Crippen molar-refractivity contribution in [2.24, 2.45) is 0 Å². The zero-order valence-corrected chi connectivity index (χ0v) is 7.88. The van der Waals surface area contributed by atoms with Crippen LogP contribution in [-0.2, 0) is 0 Å². The molecule has 15 heavy (non-hydrogen) atoms. The molecule has 0 atom stereocenters. The number of hydrogen-bond acceptors (Lipinski definition) is 3. The molecule has 74 valence electrons. The average Bonchev–Trinajstić information content (AvgIpc) is 2.27. The number of pyridine rings is 1. The first-order chi connectivity index (χ1) is 7.18. The Labute approximate surface area is 86.0 Å². The van der Waals surface area contributed by atoms with Gasteiger partial charge < -0.3 is 0 Å². The molecule has 0 aliphatic carbocycles. The van der Waals surface area contributed by atoms with Crippen LogP contribution in [0.15, 0.2) is 43.1 Å². The van der Waals surface area contributed by atoms with Crippen molar-refractivity contribution in [3.63, 3.8) is 0 Å². The van der Waals surface area contributed by atoms with E-state index in [-0.39, 0.29) is 5.70 Å². The third-order valence-corrected chi connectivity index (χ3v) is 2.16. The molecule has 0 aliphatic heterocycles. The number of hydrogen-bond donors (Lipinski definition) is 0. The van der Waals surface area contributed by atoms with Gasteiger partial charge in [-0.15, -0.1) is 0 Å². The summed E-state index contributed by atoms with van der Waals surface area (Å²) in [6, 6.07) is 8.77. The van der Waals surface area contributed by atoms with E-state index >= 15 is 0 Å². The van der Waals surface area contributed by atoms with Crippen molar-refractivity contribution in [3.05, 3.63) is 58.8 Å². The molecular weight excluding hydrogens is 192 g/mol. The molecule has 0 fully saturated rings. The summed E-state index contributed by atoms with van der Waals surface area (Å²) in [6.45, 7) is 3.41.